The highest BCUT2D eigenvalue weighted by Crippen LogP contribution is 2.32. The van der Waals surface area contributed by atoms with Crippen LogP contribution in [0.15, 0.2) is 6.20 Å². The smallest absolute Gasteiger partial charge is 0.242 e. The van der Waals surface area contributed by atoms with E-state index in [1.807, 2.05) is 17.9 Å². The molecule has 112 valence electrons. The Morgan fingerprint density at radius 3 is 2.90 bits per heavy atom. The summed E-state index contributed by atoms with van der Waals surface area (Å²) in [6.45, 7) is 4.10. The molecule has 1 saturated heterocycles. The summed E-state index contributed by atoms with van der Waals surface area (Å²) in [5.41, 5.74) is 1.75. The third kappa shape index (κ3) is 2.45. The summed E-state index contributed by atoms with van der Waals surface area (Å²) in [5.74, 6) is 0.0386. The van der Waals surface area contributed by atoms with Crippen LogP contribution in [0.5, 0.6) is 0 Å². The molecular formula is C14H24N4O2. The summed E-state index contributed by atoms with van der Waals surface area (Å²) < 4.78 is 7.22. The van der Waals surface area contributed by atoms with Crippen molar-refractivity contribution in [1.29, 1.82) is 0 Å². The largest absolute Gasteiger partial charge is 0.382 e. The lowest BCUT2D eigenvalue weighted by Gasteiger charge is -2.36. The average molecular weight is 280 g/mol. The normalized spacial score (nSPS) is 23.2. The van der Waals surface area contributed by atoms with Crippen molar-refractivity contribution in [2.45, 2.75) is 31.8 Å². The number of nitrogens with one attached hydrogen (secondary N) is 1. The predicted octanol–water partition coefficient (Wildman–Crippen LogP) is 0.456. The fraction of sp³-hybridized carbons (Fsp3) is 0.714. The lowest BCUT2D eigenvalue weighted by atomic mass is 9.95. The Balaban J connectivity index is 2.27. The number of likely N-dealkylation sites (N-methyl/N-ethyl adjacent to an activating group) is 1. The molecule has 2 heterocycles. The molecule has 1 atom stereocenters. The molecule has 0 aliphatic carbocycles. The first-order valence-electron chi connectivity index (χ1n) is 6.99. The lowest BCUT2D eigenvalue weighted by Crippen LogP contribution is -2.57. The zero-order valence-electron chi connectivity index (χ0n) is 12.8. The Hall–Kier alpha value is -1.40. The van der Waals surface area contributed by atoms with Gasteiger partial charge in [0.2, 0.25) is 5.91 Å². The third-order valence-electron chi connectivity index (χ3n) is 4.27. The van der Waals surface area contributed by atoms with Gasteiger partial charge in [-0.1, -0.05) is 0 Å². The maximum atomic E-state index is 12.4. The fourth-order valence-electron chi connectivity index (χ4n) is 3.10. The zero-order chi connectivity index (χ0) is 14.8. The molecule has 1 aromatic rings. The van der Waals surface area contributed by atoms with Gasteiger partial charge >= 0.3 is 0 Å². The standard InChI is InChI=1S/C14H24N4O2/c1-11-8-16-17(3)12(11)9-18-7-5-6-14(18,10-20-4)13(19)15-2/h8H,5-7,9-10H2,1-4H3,(H,15,19). The molecule has 1 N–H and O–H groups in total. The topological polar surface area (TPSA) is 59.4 Å². The summed E-state index contributed by atoms with van der Waals surface area (Å²) in [6, 6.07) is 0. The second-order valence-corrected chi connectivity index (χ2v) is 5.47. The van der Waals surface area contributed by atoms with Crippen LogP contribution in [0.3, 0.4) is 0 Å². The number of hydrogen-bond acceptors (Lipinski definition) is 4. The van der Waals surface area contributed by atoms with Crippen LogP contribution in [0.1, 0.15) is 24.1 Å². The third-order valence-corrected chi connectivity index (χ3v) is 4.27. The van der Waals surface area contributed by atoms with Crippen molar-refractivity contribution in [3.63, 3.8) is 0 Å². The van der Waals surface area contributed by atoms with Gasteiger partial charge in [0.05, 0.1) is 18.5 Å². The summed E-state index contributed by atoms with van der Waals surface area (Å²) in [5, 5.41) is 7.06. The first-order chi connectivity index (χ1) is 9.55. The number of carbonyl (C=O) groups is 1. The van der Waals surface area contributed by atoms with Crippen molar-refractivity contribution in [2.75, 3.05) is 27.3 Å². The van der Waals surface area contributed by atoms with Crippen LogP contribution in [0.25, 0.3) is 0 Å². The Bertz CT molecular complexity index is 466. The summed E-state index contributed by atoms with van der Waals surface area (Å²) >= 11 is 0. The molecule has 0 saturated carbocycles. The first-order valence-corrected chi connectivity index (χ1v) is 6.99. The Morgan fingerprint density at radius 1 is 1.60 bits per heavy atom. The molecular weight excluding hydrogens is 256 g/mol. The van der Waals surface area contributed by atoms with Crippen molar-refractivity contribution >= 4 is 5.91 Å². The van der Waals surface area contributed by atoms with Crippen LogP contribution in [0.2, 0.25) is 0 Å². The highest BCUT2D eigenvalue weighted by Gasteiger charge is 2.47. The van der Waals surface area contributed by atoms with Crippen molar-refractivity contribution in [3.05, 3.63) is 17.5 Å². The molecule has 1 fully saturated rings. The monoisotopic (exact) mass is 280 g/mol. The number of likely N-dealkylation sites (tertiary alicyclic amines) is 1. The lowest BCUT2D eigenvalue weighted by molar-refractivity contribution is -0.135. The van der Waals surface area contributed by atoms with E-state index in [1.165, 1.54) is 0 Å². The van der Waals surface area contributed by atoms with Gasteiger partial charge in [0.25, 0.3) is 0 Å². The number of ether oxygens (including phenoxy) is 1. The van der Waals surface area contributed by atoms with E-state index in [1.54, 1.807) is 14.2 Å². The Morgan fingerprint density at radius 2 is 2.35 bits per heavy atom. The van der Waals surface area contributed by atoms with Crippen LogP contribution >= 0.6 is 0 Å². The molecule has 0 bridgehead atoms. The molecule has 1 aliphatic heterocycles. The number of nitrogens with zero attached hydrogens (tertiary/aromatic N) is 3. The Labute approximate surface area is 120 Å². The first kappa shape index (κ1) is 15.0. The minimum atomic E-state index is -0.555. The summed E-state index contributed by atoms with van der Waals surface area (Å²) in [4.78, 5) is 14.6. The number of aromatic nitrogens is 2. The number of methoxy groups -OCH3 is 1. The van der Waals surface area contributed by atoms with Gasteiger partial charge in [0.15, 0.2) is 0 Å². The van der Waals surface area contributed by atoms with E-state index >= 15 is 0 Å². The number of rotatable bonds is 5. The van der Waals surface area contributed by atoms with Gasteiger partial charge in [-0.05, 0) is 31.9 Å². The van der Waals surface area contributed by atoms with Crippen molar-refractivity contribution in [3.8, 4) is 0 Å². The minimum absolute atomic E-state index is 0.0386. The summed E-state index contributed by atoms with van der Waals surface area (Å²) in [7, 11) is 5.28. The molecule has 1 unspecified atom stereocenters. The molecule has 1 amide bonds. The molecule has 20 heavy (non-hydrogen) atoms. The maximum absolute atomic E-state index is 12.4. The molecule has 2 rings (SSSR count). The van der Waals surface area contributed by atoms with E-state index in [9.17, 15) is 4.79 Å². The van der Waals surface area contributed by atoms with Crippen molar-refractivity contribution in [1.82, 2.24) is 20.0 Å². The fourth-order valence-corrected chi connectivity index (χ4v) is 3.10. The van der Waals surface area contributed by atoms with Crippen LogP contribution in [0, 0.1) is 6.92 Å². The molecule has 6 nitrogen and oxygen atoms in total. The SMILES string of the molecule is CNC(=O)C1(COC)CCCN1Cc1c(C)cnn1C. The van der Waals surface area contributed by atoms with Crippen LogP contribution < -0.4 is 5.32 Å². The molecule has 0 aromatic carbocycles. The zero-order valence-corrected chi connectivity index (χ0v) is 12.8. The molecule has 0 radical (unpaired) electrons. The van der Waals surface area contributed by atoms with Gasteiger partial charge < -0.3 is 10.1 Å². The van der Waals surface area contributed by atoms with E-state index in [0.29, 0.717) is 6.61 Å². The van der Waals surface area contributed by atoms with Gasteiger partial charge in [0.1, 0.15) is 5.54 Å². The van der Waals surface area contributed by atoms with Crippen LogP contribution in [-0.4, -0.2) is 53.4 Å². The highest BCUT2D eigenvalue weighted by molar-refractivity contribution is 5.86. The van der Waals surface area contributed by atoms with Crippen LogP contribution in [0.4, 0.5) is 0 Å². The van der Waals surface area contributed by atoms with E-state index in [0.717, 1.165) is 37.2 Å². The second-order valence-electron chi connectivity index (χ2n) is 5.47. The second kappa shape index (κ2) is 5.93. The van der Waals surface area contributed by atoms with Gasteiger partial charge in [-0.2, -0.15) is 5.10 Å². The summed E-state index contributed by atoms with van der Waals surface area (Å²) in [6.07, 6.45) is 3.70. The number of carbonyl (C=O) groups excluding carboxylic acids is 1. The van der Waals surface area contributed by atoms with E-state index in [-0.39, 0.29) is 5.91 Å². The van der Waals surface area contributed by atoms with Gasteiger partial charge in [-0.25, -0.2) is 0 Å². The molecule has 1 aromatic heterocycles. The number of hydrogen-bond donors (Lipinski definition) is 1. The van der Waals surface area contributed by atoms with Crippen molar-refractivity contribution in [2.24, 2.45) is 7.05 Å². The maximum Gasteiger partial charge on any atom is 0.242 e. The van der Waals surface area contributed by atoms with Gasteiger partial charge in [-0.3, -0.25) is 14.4 Å². The van der Waals surface area contributed by atoms with E-state index < -0.39 is 5.54 Å². The van der Waals surface area contributed by atoms with Crippen molar-refractivity contribution < 1.29 is 9.53 Å². The van der Waals surface area contributed by atoms with Gasteiger partial charge in [-0.15, -0.1) is 0 Å². The van der Waals surface area contributed by atoms with Gasteiger partial charge in [0, 0.05) is 27.7 Å². The highest BCUT2D eigenvalue weighted by atomic mass is 16.5. The number of aryl methyl sites for hydroxylation is 2. The molecule has 6 heteroatoms. The Kier molecular flexibility index (Phi) is 4.45. The predicted molar refractivity (Wildman–Crippen MR) is 76.3 cm³/mol. The minimum Gasteiger partial charge on any atom is -0.382 e. The van der Waals surface area contributed by atoms with E-state index in [4.69, 9.17) is 4.74 Å². The average Bonchev–Trinajstić information content (AvgIpc) is 2.98. The molecule has 0 spiro atoms. The molecule has 1 aliphatic rings. The quantitative estimate of drug-likeness (QED) is 0.851. The number of amides is 1. The van der Waals surface area contributed by atoms with Crippen LogP contribution in [-0.2, 0) is 23.1 Å². The van der Waals surface area contributed by atoms with E-state index in [2.05, 4.69) is 22.2 Å².